The van der Waals surface area contributed by atoms with Crippen LogP contribution in [-0.2, 0) is 15.9 Å². The number of hydrogen-bond acceptors (Lipinski definition) is 9. The highest BCUT2D eigenvalue weighted by molar-refractivity contribution is 6.30. The first-order valence-electron chi connectivity index (χ1n) is 11.8. The predicted octanol–water partition coefficient (Wildman–Crippen LogP) is 2.26. The van der Waals surface area contributed by atoms with Gasteiger partial charge in [0.05, 0.1) is 35.0 Å². The van der Waals surface area contributed by atoms with Gasteiger partial charge in [0.2, 0.25) is 0 Å². The van der Waals surface area contributed by atoms with Gasteiger partial charge in [0.25, 0.3) is 0 Å². The third-order valence-electron chi connectivity index (χ3n) is 7.58. The van der Waals surface area contributed by atoms with Crippen LogP contribution in [0, 0.1) is 0 Å². The van der Waals surface area contributed by atoms with Crippen LogP contribution >= 0.6 is 12.4 Å². The Balaban J connectivity index is 0.00000304. The van der Waals surface area contributed by atoms with E-state index in [9.17, 15) is 30.0 Å². The maximum Gasteiger partial charge on any atom is 0.198 e. The van der Waals surface area contributed by atoms with Crippen LogP contribution in [-0.4, -0.2) is 62.1 Å². The lowest BCUT2D eigenvalue weighted by atomic mass is 9.72. The maximum atomic E-state index is 13.3. The van der Waals surface area contributed by atoms with E-state index in [4.69, 9.17) is 15.2 Å². The van der Waals surface area contributed by atoms with Crippen molar-refractivity contribution in [1.82, 2.24) is 0 Å². The molecule has 36 heavy (non-hydrogen) atoms. The van der Waals surface area contributed by atoms with Gasteiger partial charge in [-0.15, -0.1) is 12.4 Å². The zero-order chi connectivity index (χ0) is 25.2. The Morgan fingerprint density at radius 3 is 2.25 bits per heavy atom. The monoisotopic (exact) mass is 519 g/mol. The number of halogens is 1. The van der Waals surface area contributed by atoms with Crippen LogP contribution < -0.4 is 5.73 Å². The summed E-state index contributed by atoms with van der Waals surface area (Å²) in [5.74, 6) is -2.03. The summed E-state index contributed by atoms with van der Waals surface area (Å²) >= 11 is 0. The number of phenolic OH excluding ortho intramolecular Hbond substituents is 2. The van der Waals surface area contributed by atoms with Crippen molar-refractivity contribution >= 4 is 24.0 Å². The number of carbonyl (C=O) groups is 2. The fourth-order valence-corrected chi connectivity index (χ4v) is 5.50. The molecule has 1 heterocycles. The van der Waals surface area contributed by atoms with Crippen LogP contribution in [0.3, 0.4) is 0 Å². The number of aliphatic hydroxyl groups is 2. The molecule has 5 rings (SSSR count). The lowest BCUT2D eigenvalue weighted by molar-refractivity contribution is -0.247. The number of ether oxygens (including phenoxy) is 2. The van der Waals surface area contributed by atoms with Crippen molar-refractivity contribution in [2.45, 2.75) is 75.8 Å². The van der Waals surface area contributed by atoms with Crippen LogP contribution in [0.15, 0.2) is 24.3 Å². The number of benzene rings is 2. The van der Waals surface area contributed by atoms with Crippen LogP contribution in [0.4, 0.5) is 0 Å². The molecule has 6 atom stereocenters. The van der Waals surface area contributed by atoms with E-state index in [0.29, 0.717) is 6.42 Å². The number of phenols is 2. The number of rotatable bonds is 3. The summed E-state index contributed by atoms with van der Waals surface area (Å²) in [6.45, 7) is 3.45. The number of carbonyl (C=O) groups excluding carboxylic acids is 2. The molecule has 2 aromatic rings. The molecule has 0 radical (unpaired) electrons. The predicted molar refractivity (Wildman–Crippen MR) is 131 cm³/mol. The van der Waals surface area contributed by atoms with Crippen molar-refractivity contribution in [1.29, 1.82) is 0 Å². The van der Waals surface area contributed by atoms with E-state index < -0.39 is 59.3 Å². The fraction of sp³-hybridized carbons (Fsp3) is 0.462. The topological polar surface area (TPSA) is 160 Å². The first-order valence-corrected chi connectivity index (χ1v) is 11.8. The zero-order valence-electron chi connectivity index (χ0n) is 19.9. The molecule has 194 valence electrons. The second-order valence-corrected chi connectivity index (χ2v) is 9.79. The molecule has 1 saturated heterocycles. The molecule has 3 aliphatic rings. The van der Waals surface area contributed by atoms with Crippen molar-refractivity contribution in [3.05, 3.63) is 57.6 Å². The highest BCUT2D eigenvalue weighted by atomic mass is 35.5. The van der Waals surface area contributed by atoms with Crippen molar-refractivity contribution in [2.24, 2.45) is 5.73 Å². The smallest absolute Gasteiger partial charge is 0.198 e. The molecule has 0 aromatic heterocycles. The Kier molecular flexibility index (Phi) is 6.93. The Hall–Kier alpha value is -2.53. The Bertz CT molecular complexity index is 1220. The van der Waals surface area contributed by atoms with Gasteiger partial charge in [0.15, 0.2) is 17.9 Å². The quantitative estimate of drug-likeness (QED) is 0.327. The minimum Gasteiger partial charge on any atom is -0.507 e. The van der Waals surface area contributed by atoms with E-state index in [1.54, 1.807) is 26.0 Å². The third-order valence-corrected chi connectivity index (χ3v) is 7.58. The van der Waals surface area contributed by atoms with Crippen LogP contribution in [0.2, 0.25) is 0 Å². The molecule has 0 bridgehead atoms. The van der Waals surface area contributed by atoms with Gasteiger partial charge in [-0.3, -0.25) is 9.59 Å². The molecule has 0 spiro atoms. The molecule has 9 nitrogen and oxygen atoms in total. The summed E-state index contributed by atoms with van der Waals surface area (Å²) in [6.07, 6.45) is -2.76. The number of nitrogens with two attached hydrogens (primary N) is 1. The van der Waals surface area contributed by atoms with Crippen LogP contribution in [0.5, 0.6) is 11.5 Å². The molecular weight excluding hydrogens is 490 g/mol. The fourth-order valence-electron chi connectivity index (χ4n) is 5.50. The number of aliphatic hydroxyl groups excluding tert-OH is 1. The van der Waals surface area contributed by atoms with Crippen molar-refractivity contribution in [2.75, 3.05) is 0 Å². The van der Waals surface area contributed by atoms with Gasteiger partial charge in [-0.25, -0.2) is 0 Å². The first kappa shape index (κ1) is 26.5. The minimum absolute atomic E-state index is 0. The van der Waals surface area contributed by atoms with Crippen LogP contribution in [0.1, 0.15) is 82.2 Å². The van der Waals surface area contributed by atoms with Gasteiger partial charge in [-0.05, 0) is 13.3 Å². The summed E-state index contributed by atoms with van der Waals surface area (Å²) in [4.78, 5) is 26.6. The second-order valence-electron chi connectivity index (χ2n) is 9.79. The van der Waals surface area contributed by atoms with Gasteiger partial charge in [0.1, 0.15) is 11.5 Å². The Morgan fingerprint density at radius 2 is 1.69 bits per heavy atom. The molecule has 0 saturated carbocycles. The first-order chi connectivity index (χ1) is 16.6. The van der Waals surface area contributed by atoms with Gasteiger partial charge in [-0.2, -0.15) is 0 Å². The number of hydrogen-bond donors (Lipinski definition) is 5. The molecule has 0 unspecified atom stereocenters. The largest absolute Gasteiger partial charge is 0.507 e. The van der Waals surface area contributed by atoms with Gasteiger partial charge in [0, 0.05) is 47.6 Å². The molecule has 1 fully saturated rings. The summed E-state index contributed by atoms with van der Waals surface area (Å²) in [5, 5.41) is 44.0. The van der Waals surface area contributed by atoms with E-state index in [1.165, 1.54) is 12.1 Å². The van der Waals surface area contributed by atoms with Gasteiger partial charge in [-0.1, -0.05) is 31.2 Å². The minimum atomic E-state index is -1.29. The SMILES string of the molecule is CC[C@@]1(O)Cc2c(O)c3c(c(O)c2[C@@H](O[C@H]2C[C@H](N)[C@H](O)[C@H](C)O2)C1)C(=O)c1ccccc1C3=O.Cl. The number of aromatic hydroxyl groups is 2. The normalized spacial score (nSPS) is 31.2. The van der Waals surface area contributed by atoms with E-state index in [2.05, 4.69) is 0 Å². The highest BCUT2D eigenvalue weighted by Crippen LogP contribution is 2.52. The highest BCUT2D eigenvalue weighted by Gasteiger charge is 2.46. The molecule has 2 aliphatic carbocycles. The third kappa shape index (κ3) is 4.00. The number of fused-ring (bicyclic) bond motifs is 3. The molecular formula is C26H30ClNO8. The molecule has 6 N–H and O–H groups in total. The van der Waals surface area contributed by atoms with E-state index in [-0.39, 0.29) is 65.1 Å². The summed E-state index contributed by atoms with van der Waals surface area (Å²) < 4.78 is 11.9. The summed E-state index contributed by atoms with van der Waals surface area (Å²) in [7, 11) is 0. The average Bonchev–Trinajstić information content (AvgIpc) is 2.83. The van der Waals surface area contributed by atoms with E-state index in [0.717, 1.165) is 0 Å². The van der Waals surface area contributed by atoms with Crippen molar-refractivity contribution in [3.8, 4) is 11.5 Å². The molecule has 2 aromatic carbocycles. The molecule has 1 aliphatic heterocycles. The summed E-state index contributed by atoms with van der Waals surface area (Å²) in [5.41, 5.74) is 4.79. The standard InChI is InChI=1S/C26H29NO8.ClH/c1-3-26(33)9-14-18(16(10-26)35-17-8-15(27)21(28)11(2)34-17)25(32)20-19(24(14)31)22(29)12-6-4-5-7-13(12)23(20)30;/h4-7,11,15-17,21,28,31-33H,3,8-10,27H2,1-2H3;1H/t11-,15-,16-,17-,21+,26+;/m0./s1. The van der Waals surface area contributed by atoms with Crippen LogP contribution in [0.25, 0.3) is 0 Å². The maximum absolute atomic E-state index is 13.3. The second kappa shape index (κ2) is 9.41. The Morgan fingerprint density at radius 1 is 1.11 bits per heavy atom. The lowest BCUT2D eigenvalue weighted by Gasteiger charge is -2.42. The van der Waals surface area contributed by atoms with Crippen molar-refractivity contribution < 1.29 is 39.5 Å². The molecule has 10 heteroatoms. The Labute approximate surface area is 214 Å². The van der Waals surface area contributed by atoms with E-state index in [1.807, 2.05) is 0 Å². The van der Waals surface area contributed by atoms with Crippen molar-refractivity contribution in [3.63, 3.8) is 0 Å². The number of ketones is 2. The average molecular weight is 520 g/mol. The molecule has 0 amide bonds. The zero-order valence-corrected chi connectivity index (χ0v) is 20.7. The van der Waals surface area contributed by atoms with Gasteiger partial charge >= 0.3 is 0 Å². The van der Waals surface area contributed by atoms with E-state index >= 15 is 0 Å². The van der Waals surface area contributed by atoms with Gasteiger partial charge < -0.3 is 35.6 Å². The lowest BCUT2D eigenvalue weighted by Crippen LogP contribution is -2.52. The summed E-state index contributed by atoms with van der Waals surface area (Å²) in [6, 6.07) is 5.65.